The van der Waals surface area contributed by atoms with Crippen molar-refractivity contribution < 1.29 is 19.7 Å². The van der Waals surface area contributed by atoms with Crippen LogP contribution in [0.1, 0.15) is 44.9 Å². The number of methoxy groups -OCH3 is 1. The van der Waals surface area contributed by atoms with Crippen LogP contribution in [0, 0.1) is 0 Å². The molecule has 0 aromatic rings. The third-order valence-electron chi connectivity index (χ3n) is 2.33. The van der Waals surface area contributed by atoms with Gasteiger partial charge in [0.05, 0.1) is 19.6 Å². The third kappa shape index (κ3) is 9.69. The molecule has 4 nitrogen and oxygen atoms in total. The van der Waals surface area contributed by atoms with E-state index in [1.807, 2.05) is 0 Å². The summed E-state index contributed by atoms with van der Waals surface area (Å²) in [5.74, 6) is -0.359. The van der Waals surface area contributed by atoms with E-state index in [-0.39, 0.29) is 19.0 Å². The van der Waals surface area contributed by atoms with Gasteiger partial charge in [0.15, 0.2) is 0 Å². The SMILES string of the molecule is COC(=O)CC(O)CCCCCCCO. The van der Waals surface area contributed by atoms with Gasteiger partial charge in [-0.15, -0.1) is 0 Å². The van der Waals surface area contributed by atoms with Crippen molar-refractivity contribution in [3.63, 3.8) is 0 Å². The van der Waals surface area contributed by atoms with Crippen LogP contribution in [-0.4, -0.2) is 36.0 Å². The van der Waals surface area contributed by atoms with Crippen molar-refractivity contribution >= 4 is 5.97 Å². The molecule has 0 radical (unpaired) electrons. The van der Waals surface area contributed by atoms with Crippen LogP contribution in [0.3, 0.4) is 0 Å². The molecule has 4 heteroatoms. The van der Waals surface area contributed by atoms with E-state index in [0.29, 0.717) is 6.42 Å². The molecule has 0 rings (SSSR count). The van der Waals surface area contributed by atoms with Crippen LogP contribution in [0.4, 0.5) is 0 Å². The van der Waals surface area contributed by atoms with Crippen molar-refractivity contribution in [3.05, 3.63) is 0 Å². The average Bonchev–Trinajstić information content (AvgIpc) is 2.23. The van der Waals surface area contributed by atoms with Crippen molar-refractivity contribution in [2.75, 3.05) is 13.7 Å². The van der Waals surface area contributed by atoms with E-state index in [1.54, 1.807) is 0 Å². The predicted molar refractivity (Wildman–Crippen MR) is 57.4 cm³/mol. The second kappa shape index (κ2) is 9.93. The van der Waals surface area contributed by atoms with Crippen molar-refractivity contribution in [2.24, 2.45) is 0 Å². The molecular formula is C11H22O4. The van der Waals surface area contributed by atoms with Crippen molar-refractivity contribution in [1.82, 2.24) is 0 Å². The Morgan fingerprint density at radius 1 is 1.20 bits per heavy atom. The first-order chi connectivity index (χ1) is 7.20. The summed E-state index contributed by atoms with van der Waals surface area (Å²) in [6, 6.07) is 0. The van der Waals surface area contributed by atoms with Crippen LogP contribution in [0.2, 0.25) is 0 Å². The number of unbranched alkanes of at least 4 members (excludes halogenated alkanes) is 4. The molecule has 0 saturated heterocycles. The first kappa shape index (κ1) is 14.4. The fourth-order valence-corrected chi connectivity index (χ4v) is 1.40. The molecule has 0 aromatic carbocycles. The molecule has 15 heavy (non-hydrogen) atoms. The zero-order valence-electron chi connectivity index (χ0n) is 9.45. The van der Waals surface area contributed by atoms with Gasteiger partial charge in [0.2, 0.25) is 0 Å². The number of aliphatic hydroxyl groups excluding tert-OH is 2. The minimum absolute atomic E-state index is 0.0904. The van der Waals surface area contributed by atoms with Crippen molar-refractivity contribution in [1.29, 1.82) is 0 Å². The fraction of sp³-hybridized carbons (Fsp3) is 0.909. The lowest BCUT2D eigenvalue weighted by atomic mass is 10.1. The normalized spacial score (nSPS) is 12.5. The summed E-state index contributed by atoms with van der Waals surface area (Å²) in [6.45, 7) is 0.255. The highest BCUT2D eigenvalue weighted by Crippen LogP contribution is 2.09. The van der Waals surface area contributed by atoms with Crippen LogP contribution in [0.25, 0.3) is 0 Å². The molecule has 90 valence electrons. The Balaban J connectivity index is 3.23. The Labute approximate surface area is 91.3 Å². The second-order valence-electron chi connectivity index (χ2n) is 3.71. The molecule has 2 N–H and O–H groups in total. The summed E-state index contributed by atoms with van der Waals surface area (Å²) >= 11 is 0. The Bertz CT molecular complexity index is 159. The van der Waals surface area contributed by atoms with Gasteiger partial charge in [0, 0.05) is 6.61 Å². The number of esters is 1. The zero-order chi connectivity index (χ0) is 11.5. The van der Waals surface area contributed by atoms with Gasteiger partial charge in [-0.25, -0.2) is 0 Å². The maximum absolute atomic E-state index is 10.8. The Morgan fingerprint density at radius 2 is 1.80 bits per heavy atom. The van der Waals surface area contributed by atoms with Crippen LogP contribution < -0.4 is 0 Å². The zero-order valence-corrected chi connectivity index (χ0v) is 9.45. The summed E-state index contributed by atoms with van der Waals surface area (Å²) in [6.07, 6.45) is 5.08. The largest absolute Gasteiger partial charge is 0.469 e. The number of rotatable bonds is 9. The minimum atomic E-state index is -0.574. The van der Waals surface area contributed by atoms with Crippen LogP contribution in [-0.2, 0) is 9.53 Å². The molecule has 0 heterocycles. The van der Waals surface area contributed by atoms with E-state index in [4.69, 9.17) is 5.11 Å². The molecule has 0 amide bonds. The number of aliphatic hydroxyl groups is 2. The lowest BCUT2D eigenvalue weighted by Gasteiger charge is -2.08. The van der Waals surface area contributed by atoms with Gasteiger partial charge >= 0.3 is 5.97 Å². The molecule has 0 aliphatic rings. The Hall–Kier alpha value is -0.610. The fourth-order valence-electron chi connectivity index (χ4n) is 1.40. The molecule has 0 fully saturated rings. The maximum Gasteiger partial charge on any atom is 0.308 e. The molecule has 0 saturated carbocycles. The van der Waals surface area contributed by atoms with Crippen LogP contribution >= 0.6 is 0 Å². The number of carbonyl (C=O) groups excluding carboxylic acids is 1. The highest BCUT2D eigenvalue weighted by molar-refractivity contribution is 5.69. The maximum atomic E-state index is 10.8. The van der Waals surface area contributed by atoms with Gasteiger partial charge in [-0.1, -0.05) is 25.7 Å². The van der Waals surface area contributed by atoms with Crippen LogP contribution in [0.15, 0.2) is 0 Å². The lowest BCUT2D eigenvalue weighted by Crippen LogP contribution is -2.14. The Morgan fingerprint density at radius 3 is 2.40 bits per heavy atom. The summed E-state index contributed by atoms with van der Waals surface area (Å²) in [7, 11) is 1.32. The lowest BCUT2D eigenvalue weighted by molar-refractivity contribution is -0.142. The monoisotopic (exact) mass is 218 g/mol. The minimum Gasteiger partial charge on any atom is -0.469 e. The first-order valence-corrected chi connectivity index (χ1v) is 5.56. The molecule has 0 aliphatic carbocycles. The summed E-state index contributed by atoms with van der Waals surface area (Å²) in [4.78, 5) is 10.8. The van der Waals surface area contributed by atoms with Gasteiger partial charge in [-0.2, -0.15) is 0 Å². The molecule has 1 atom stereocenters. The number of hydrogen-bond acceptors (Lipinski definition) is 4. The molecule has 0 spiro atoms. The van der Waals surface area contributed by atoms with Crippen molar-refractivity contribution in [3.8, 4) is 0 Å². The van der Waals surface area contributed by atoms with Gasteiger partial charge in [0.1, 0.15) is 0 Å². The van der Waals surface area contributed by atoms with Gasteiger partial charge in [-0.3, -0.25) is 4.79 Å². The van der Waals surface area contributed by atoms with E-state index in [0.717, 1.165) is 32.1 Å². The van der Waals surface area contributed by atoms with E-state index >= 15 is 0 Å². The van der Waals surface area contributed by atoms with Crippen molar-refractivity contribution in [2.45, 2.75) is 51.0 Å². The predicted octanol–water partition coefficient (Wildman–Crippen LogP) is 1.24. The van der Waals surface area contributed by atoms with E-state index < -0.39 is 6.10 Å². The molecule has 0 aromatic heterocycles. The first-order valence-electron chi connectivity index (χ1n) is 5.56. The van der Waals surface area contributed by atoms with E-state index in [2.05, 4.69) is 4.74 Å². The smallest absolute Gasteiger partial charge is 0.308 e. The quantitative estimate of drug-likeness (QED) is 0.451. The van der Waals surface area contributed by atoms with E-state index in [1.165, 1.54) is 7.11 Å². The standard InChI is InChI=1S/C11H22O4/c1-15-11(14)9-10(13)7-5-3-2-4-6-8-12/h10,12-13H,2-9H2,1H3. The van der Waals surface area contributed by atoms with Gasteiger partial charge < -0.3 is 14.9 Å². The Kier molecular flexibility index (Phi) is 9.52. The third-order valence-corrected chi connectivity index (χ3v) is 2.33. The average molecular weight is 218 g/mol. The highest BCUT2D eigenvalue weighted by Gasteiger charge is 2.09. The molecule has 0 aliphatic heterocycles. The summed E-state index contributed by atoms with van der Waals surface area (Å²) in [5, 5.41) is 18.0. The molecule has 0 bridgehead atoms. The van der Waals surface area contributed by atoms with Gasteiger partial charge in [0.25, 0.3) is 0 Å². The summed E-state index contributed by atoms with van der Waals surface area (Å²) in [5.41, 5.74) is 0. The van der Waals surface area contributed by atoms with E-state index in [9.17, 15) is 9.90 Å². The number of ether oxygens (including phenoxy) is 1. The highest BCUT2D eigenvalue weighted by atomic mass is 16.5. The van der Waals surface area contributed by atoms with Crippen LogP contribution in [0.5, 0.6) is 0 Å². The summed E-state index contributed by atoms with van der Waals surface area (Å²) < 4.78 is 4.45. The second-order valence-corrected chi connectivity index (χ2v) is 3.71. The topological polar surface area (TPSA) is 66.8 Å². The molecule has 1 unspecified atom stereocenters. The molecular weight excluding hydrogens is 196 g/mol. The van der Waals surface area contributed by atoms with Gasteiger partial charge in [-0.05, 0) is 12.8 Å². The number of carbonyl (C=O) groups is 1. The number of hydrogen-bond donors (Lipinski definition) is 2.